The molecule has 0 aliphatic carbocycles. The van der Waals surface area contributed by atoms with Crippen molar-refractivity contribution in [2.45, 2.75) is 25.9 Å². The van der Waals surface area contributed by atoms with Crippen LogP contribution in [0.3, 0.4) is 0 Å². The molecule has 4 heterocycles. The molecule has 0 spiro atoms. The van der Waals surface area contributed by atoms with Crippen molar-refractivity contribution in [2.75, 3.05) is 37.7 Å². The van der Waals surface area contributed by atoms with Gasteiger partial charge in [-0.05, 0) is 24.3 Å². The summed E-state index contributed by atoms with van der Waals surface area (Å²) in [5.41, 5.74) is 0.798. The Hall–Kier alpha value is -3.62. The predicted octanol–water partition coefficient (Wildman–Crippen LogP) is 2.74. The number of piperazine rings is 1. The molecular formula is C23H25N5O4. The van der Waals surface area contributed by atoms with Gasteiger partial charge in [0.1, 0.15) is 12.4 Å². The van der Waals surface area contributed by atoms with Gasteiger partial charge >= 0.3 is 0 Å². The number of fused-ring (bicyclic) bond motifs is 1. The monoisotopic (exact) mass is 435 g/mol. The minimum Gasteiger partial charge on any atom is -0.485 e. The van der Waals surface area contributed by atoms with Crippen LogP contribution in [0.25, 0.3) is 11.5 Å². The molecule has 1 saturated heterocycles. The largest absolute Gasteiger partial charge is 0.485 e. The average molecular weight is 435 g/mol. The zero-order chi connectivity index (χ0) is 22.1. The van der Waals surface area contributed by atoms with Crippen LogP contribution in [-0.2, 0) is 4.79 Å². The van der Waals surface area contributed by atoms with Crippen molar-refractivity contribution < 1.29 is 18.7 Å². The summed E-state index contributed by atoms with van der Waals surface area (Å²) in [6.07, 6.45) is 1.12. The molecule has 2 aliphatic heterocycles. The van der Waals surface area contributed by atoms with Gasteiger partial charge < -0.3 is 23.7 Å². The van der Waals surface area contributed by atoms with E-state index in [1.54, 1.807) is 6.20 Å². The first-order chi connectivity index (χ1) is 15.6. The van der Waals surface area contributed by atoms with E-state index < -0.39 is 6.10 Å². The molecule has 2 aliphatic rings. The Morgan fingerprint density at radius 3 is 2.56 bits per heavy atom. The molecule has 1 unspecified atom stereocenters. The molecule has 1 atom stereocenters. The fourth-order valence-corrected chi connectivity index (χ4v) is 3.88. The Kier molecular flexibility index (Phi) is 5.38. The number of nitrogens with zero attached hydrogens (tertiary/aromatic N) is 5. The first-order valence-electron chi connectivity index (χ1n) is 10.8. The minimum absolute atomic E-state index is 0.0566. The normalized spacial score (nSPS) is 18.2. The highest BCUT2D eigenvalue weighted by molar-refractivity contribution is 5.82. The molecule has 9 nitrogen and oxygen atoms in total. The second kappa shape index (κ2) is 8.49. The van der Waals surface area contributed by atoms with E-state index in [1.807, 2.05) is 55.1 Å². The molecule has 0 N–H and O–H groups in total. The minimum atomic E-state index is -0.630. The summed E-state index contributed by atoms with van der Waals surface area (Å²) >= 11 is 0. The van der Waals surface area contributed by atoms with Crippen molar-refractivity contribution in [1.29, 1.82) is 0 Å². The number of carbonyl (C=O) groups excluding carboxylic acids is 1. The lowest BCUT2D eigenvalue weighted by molar-refractivity contribution is -0.141. The van der Waals surface area contributed by atoms with Crippen LogP contribution in [0.5, 0.6) is 11.5 Å². The summed E-state index contributed by atoms with van der Waals surface area (Å²) in [6, 6.07) is 11.2. The van der Waals surface area contributed by atoms with E-state index in [1.165, 1.54) is 0 Å². The van der Waals surface area contributed by atoms with Crippen LogP contribution in [0.1, 0.15) is 25.7 Å². The molecule has 5 rings (SSSR count). The van der Waals surface area contributed by atoms with E-state index in [4.69, 9.17) is 13.9 Å². The van der Waals surface area contributed by atoms with Crippen molar-refractivity contribution in [1.82, 2.24) is 20.1 Å². The van der Waals surface area contributed by atoms with E-state index in [0.29, 0.717) is 49.5 Å². The predicted molar refractivity (Wildman–Crippen MR) is 117 cm³/mol. The van der Waals surface area contributed by atoms with Gasteiger partial charge in [0.15, 0.2) is 11.5 Å². The molecule has 0 bridgehead atoms. The van der Waals surface area contributed by atoms with Gasteiger partial charge in [0, 0.05) is 38.3 Å². The van der Waals surface area contributed by atoms with Gasteiger partial charge in [0.2, 0.25) is 12.0 Å². The Morgan fingerprint density at radius 2 is 1.81 bits per heavy atom. The molecule has 32 heavy (non-hydrogen) atoms. The second-order valence-electron chi connectivity index (χ2n) is 8.15. The second-order valence-corrected chi connectivity index (χ2v) is 8.15. The number of para-hydroxylation sites is 2. The number of aromatic nitrogens is 3. The summed E-state index contributed by atoms with van der Waals surface area (Å²) in [6.45, 7) is 6.66. The molecule has 0 radical (unpaired) electrons. The number of pyridine rings is 1. The molecular weight excluding hydrogens is 410 g/mol. The fraction of sp³-hybridized carbons (Fsp3) is 0.391. The van der Waals surface area contributed by atoms with Gasteiger partial charge in [-0.2, -0.15) is 0 Å². The van der Waals surface area contributed by atoms with Crippen molar-refractivity contribution in [2.24, 2.45) is 0 Å². The molecule has 166 valence electrons. The number of rotatable bonds is 4. The number of hydrogen-bond donors (Lipinski definition) is 0. The maximum Gasteiger partial charge on any atom is 0.267 e. The van der Waals surface area contributed by atoms with E-state index >= 15 is 0 Å². The lowest BCUT2D eigenvalue weighted by Crippen LogP contribution is -2.54. The van der Waals surface area contributed by atoms with Crippen molar-refractivity contribution in [3.05, 3.63) is 48.5 Å². The smallest absolute Gasteiger partial charge is 0.267 e. The van der Waals surface area contributed by atoms with Crippen LogP contribution < -0.4 is 14.4 Å². The van der Waals surface area contributed by atoms with Crippen LogP contribution in [-0.4, -0.2) is 64.9 Å². The number of ether oxygens (including phenoxy) is 2. The third-order valence-corrected chi connectivity index (χ3v) is 5.63. The quantitative estimate of drug-likeness (QED) is 0.618. The van der Waals surface area contributed by atoms with E-state index in [9.17, 15) is 4.79 Å². The summed E-state index contributed by atoms with van der Waals surface area (Å²) in [4.78, 5) is 21.6. The maximum absolute atomic E-state index is 13.0. The third-order valence-electron chi connectivity index (χ3n) is 5.63. The van der Waals surface area contributed by atoms with Crippen molar-refractivity contribution in [3.63, 3.8) is 0 Å². The summed E-state index contributed by atoms with van der Waals surface area (Å²) in [7, 11) is 0. The number of amides is 1. The Balaban J connectivity index is 1.26. The molecule has 1 amide bonds. The highest BCUT2D eigenvalue weighted by Gasteiger charge is 2.33. The Labute approximate surface area is 186 Å². The highest BCUT2D eigenvalue weighted by Crippen LogP contribution is 2.32. The van der Waals surface area contributed by atoms with Crippen molar-refractivity contribution in [3.8, 4) is 23.0 Å². The lowest BCUT2D eigenvalue weighted by atomic mass is 10.2. The number of anilines is 1. The number of benzene rings is 1. The van der Waals surface area contributed by atoms with Crippen LogP contribution in [0, 0.1) is 0 Å². The van der Waals surface area contributed by atoms with Crippen LogP contribution in [0.15, 0.2) is 47.0 Å². The zero-order valence-electron chi connectivity index (χ0n) is 18.1. The zero-order valence-corrected chi connectivity index (χ0v) is 18.1. The van der Waals surface area contributed by atoms with Crippen LogP contribution in [0.4, 0.5) is 5.82 Å². The number of carbonyl (C=O) groups is 1. The van der Waals surface area contributed by atoms with Gasteiger partial charge in [0.25, 0.3) is 11.8 Å². The maximum atomic E-state index is 13.0. The number of hydrogen-bond acceptors (Lipinski definition) is 8. The highest BCUT2D eigenvalue weighted by atomic mass is 16.6. The van der Waals surface area contributed by atoms with Crippen LogP contribution in [0.2, 0.25) is 0 Å². The average Bonchev–Trinajstić information content (AvgIpc) is 3.34. The molecule has 1 aromatic carbocycles. The SMILES string of the molecule is CC(C)c1nnc(-c2cccnc2N2CCN(C(=O)C3COc4ccccc4O3)CC2)o1. The Morgan fingerprint density at radius 1 is 1.03 bits per heavy atom. The van der Waals surface area contributed by atoms with Crippen LogP contribution >= 0.6 is 0 Å². The van der Waals surface area contributed by atoms with Crippen molar-refractivity contribution >= 4 is 11.7 Å². The standard InChI is InChI=1S/C23H25N5O4/c1-15(2)21-25-26-22(32-21)16-6-5-9-24-20(16)27-10-12-28(13-11-27)23(29)19-14-30-17-7-3-4-8-18(17)31-19/h3-9,15,19H,10-14H2,1-2H3. The molecule has 1 fully saturated rings. The Bertz CT molecular complexity index is 1110. The molecule has 2 aromatic heterocycles. The summed E-state index contributed by atoms with van der Waals surface area (Å²) in [5, 5.41) is 8.35. The fourth-order valence-electron chi connectivity index (χ4n) is 3.88. The first kappa shape index (κ1) is 20.3. The summed E-state index contributed by atoms with van der Waals surface area (Å²) < 4.78 is 17.4. The summed E-state index contributed by atoms with van der Waals surface area (Å²) in [5.74, 6) is 3.22. The van der Waals surface area contributed by atoms with E-state index in [0.717, 1.165) is 11.4 Å². The lowest BCUT2D eigenvalue weighted by Gasteiger charge is -2.38. The van der Waals surface area contributed by atoms with Gasteiger partial charge in [-0.25, -0.2) is 4.98 Å². The van der Waals surface area contributed by atoms with Gasteiger partial charge in [-0.1, -0.05) is 26.0 Å². The van der Waals surface area contributed by atoms with E-state index in [2.05, 4.69) is 20.1 Å². The van der Waals surface area contributed by atoms with Gasteiger partial charge in [-0.3, -0.25) is 4.79 Å². The molecule has 9 heteroatoms. The molecule has 0 saturated carbocycles. The topological polar surface area (TPSA) is 93.8 Å². The first-order valence-corrected chi connectivity index (χ1v) is 10.8. The van der Waals surface area contributed by atoms with Gasteiger partial charge in [0.05, 0.1) is 5.56 Å². The molecule has 3 aromatic rings. The third kappa shape index (κ3) is 3.86. The van der Waals surface area contributed by atoms with E-state index in [-0.39, 0.29) is 18.4 Å². The van der Waals surface area contributed by atoms with Gasteiger partial charge in [-0.15, -0.1) is 10.2 Å².